The standard InChI is InChI=1S/C37H40O12/c1-25-22-32(48-36(42)28-8-12-30(13-9-28)44-18-4-6-20-46-34(40)26(2)23-38)16-17-33(25)49-37(43)29-10-14-31(15-11-29)45-19-5-7-21-47-35(41)27(3)24-39/h8-17,22,38-39H,2-7,18-21,23-24H2,1H3. The van der Waals surface area contributed by atoms with E-state index < -0.39 is 37.1 Å². The first-order valence-electron chi connectivity index (χ1n) is 15.5. The Balaban J connectivity index is 1.38. The van der Waals surface area contributed by atoms with Crippen molar-refractivity contribution in [3.05, 3.63) is 108 Å². The van der Waals surface area contributed by atoms with Gasteiger partial charge in [-0.15, -0.1) is 0 Å². The minimum absolute atomic E-state index is 0.00624. The van der Waals surface area contributed by atoms with Gasteiger partial charge in [0, 0.05) is 0 Å². The molecule has 0 heterocycles. The summed E-state index contributed by atoms with van der Waals surface area (Å²) < 4.78 is 32.3. The summed E-state index contributed by atoms with van der Waals surface area (Å²) in [6, 6.07) is 17.6. The highest BCUT2D eigenvalue weighted by Crippen LogP contribution is 2.26. The van der Waals surface area contributed by atoms with E-state index in [-0.39, 0.29) is 30.1 Å². The summed E-state index contributed by atoms with van der Waals surface area (Å²) in [5.41, 5.74) is 1.23. The topological polar surface area (TPSA) is 164 Å². The summed E-state index contributed by atoms with van der Waals surface area (Å²) in [7, 11) is 0. The van der Waals surface area contributed by atoms with Crippen molar-refractivity contribution in [2.24, 2.45) is 0 Å². The van der Waals surface area contributed by atoms with E-state index in [0.717, 1.165) is 0 Å². The molecule has 0 radical (unpaired) electrons. The number of esters is 4. The van der Waals surface area contributed by atoms with Gasteiger partial charge >= 0.3 is 23.9 Å². The Hall–Kier alpha value is -5.46. The zero-order valence-corrected chi connectivity index (χ0v) is 27.3. The fourth-order valence-electron chi connectivity index (χ4n) is 3.95. The Morgan fingerprint density at radius 2 is 0.980 bits per heavy atom. The number of aryl methyl sites for hydroxylation is 1. The van der Waals surface area contributed by atoms with E-state index in [1.807, 2.05) is 0 Å². The maximum absolute atomic E-state index is 12.7. The summed E-state index contributed by atoms with van der Waals surface area (Å²) in [6.07, 6.45) is 2.41. The Kier molecular flexibility index (Phi) is 15.5. The molecule has 12 heteroatoms. The molecule has 49 heavy (non-hydrogen) atoms. The highest BCUT2D eigenvalue weighted by atomic mass is 16.5. The second-order valence-electron chi connectivity index (χ2n) is 10.7. The molecule has 0 amide bonds. The summed E-state index contributed by atoms with van der Waals surface area (Å²) in [6.45, 7) is 8.79. The number of ether oxygens (including phenoxy) is 6. The van der Waals surface area contributed by atoms with E-state index in [4.69, 9.17) is 38.6 Å². The maximum atomic E-state index is 12.7. The molecule has 0 aliphatic rings. The van der Waals surface area contributed by atoms with Crippen molar-refractivity contribution in [3.8, 4) is 23.0 Å². The van der Waals surface area contributed by atoms with Crippen molar-refractivity contribution in [1.29, 1.82) is 0 Å². The predicted octanol–water partition coefficient (Wildman–Crippen LogP) is 4.93. The number of aliphatic hydroxyl groups is 2. The molecule has 260 valence electrons. The van der Waals surface area contributed by atoms with Gasteiger partial charge in [0.25, 0.3) is 0 Å². The monoisotopic (exact) mass is 676 g/mol. The number of unbranched alkanes of at least 4 members (excludes halogenated alkanes) is 2. The van der Waals surface area contributed by atoms with Gasteiger partial charge in [-0.3, -0.25) is 0 Å². The van der Waals surface area contributed by atoms with Crippen LogP contribution in [0.4, 0.5) is 0 Å². The number of rotatable bonds is 20. The number of carbonyl (C=O) groups is 4. The van der Waals surface area contributed by atoms with Crippen LogP contribution in [0, 0.1) is 6.92 Å². The molecule has 0 fully saturated rings. The van der Waals surface area contributed by atoms with Crippen molar-refractivity contribution < 1.29 is 57.8 Å². The first kappa shape index (κ1) is 38.0. The van der Waals surface area contributed by atoms with Gasteiger partial charge in [-0.2, -0.15) is 0 Å². The van der Waals surface area contributed by atoms with Crippen LogP contribution in [0.1, 0.15) is 52.0 Å². The third kappa shape index (κ3) is 12.9. The lowest BCUT2D eigenvalue weighted by molar-refractivity contribution is -0.140. The Morgan fingerprint density at radius 3 is 1.41 bits per heavy atom. The number of benzene rings is 3. The average Bonchev–Trinajstić information content (AvgIpc) is 3.11. The molecule has 3 aromatic carbocycles. The lowest BCUT2D eigenvalue weighted by atomic mass is 10.2. The lowest BCUT2D eigenvalue weighted by Crippen LogP contribution is -2.11. The number of hydrogen-bond donors (Lipinski definition) is 2. The van der Waals surface area contributed by atoms with Crippen LogP contribution < -0.4 is 18.9 Å². The Bertz CT molecular complexity index is 1590. The average molecular weight is 677 g/mol. The number of carbonyl (C=O) groups excluding carboxylic acids is 4. The highest BCUT2D eigenvalue weighted by molar-refractivity contribution is 5.92. The van der Waals surface area contributed by atoms with Crippen LogP contribution in [-0.4, -0.2) is 73.7 Å². The molecule has 0 aliphatic carbocycles. The minimum atomic E-state index is -0.622. The van der Waals surface area contributed by atoms with Crippen LogP contribution in [0.2, 0.25) is 0 Å². The molecule has 0 bridgehead atoms. The first-order chi connectivity index (χ1) is 23.6. The molecular weight excluding hydrogens is 636 g/mol. The van der Waals surface area contributed by atoms with E-state index in [2.05, 4.69) is 13.2 Å². The van der Waals surface area contributed by atoms with Crippen molar-refractivity contribution in [2.75, 3.05) is 39.6 Å². The predicted molar refractivity (Wildman–Crippen MR) is 178 cm³/mol. The maximum Gasteiger partial charge on any atom is 0.343 e. The normalized spacial score (nSPS) is 10.4. The van der Waals surface area contributed by atoms with E-state index in [1.54, 1.807) is 67.6 Å². The van der Waals surface area contributed by atoms with E-state index in [0.29, 0.717) is 72.8 Å². The smallest absolute Gasteiger partial charge is 0.343 e. The molecule has 0 saturated heterocycles. The summed E-state index contributed by atoms with van der Waals surface area (Å²) in [5, 5.41) is 17.7. The lowest BCUT2D eigenvalue weighted by Gasteiger charge is -2.11. The van der Waals surface area contributed by atoms with Gasteiger partial charge in [0.05, 0.1) is 61.9 Å². The quantitative estimate of drug-likeness (QED) is 0.0719. The van der Waals surface area contributed by atoms with E-state index in [1.165, 1.54) is 6.07 Å². The Morgan fingerprint density at radius 1 is 0.571 bits per heavy atom. The largest absolute Gasteiger partial charge is 0.494 e. The molecule has 0 unspecified atom stereocenters. The van der Waals surface area contributed by atoms with Gasteiger partial charge in [0.1, 0.15) is 23.0 Å². The van der Waals surface area contributed by atoms with Crippen LogP contribution >= 0.6 is 0 Å². The van der Waals surface area contributed by atoms with Crippen LogP contribution in [0.3, 0.4) is 0 Å². The van der Waals surface area contributed by atoms with Gasteiger partial charge < -0.3 is 38.6 Å². The molecule has 0 spiro atoms. The van der Waals surface area contributed by atoms with Crippen LogP contribution in [-0.2, 0) is 19.1 Å². The molecular formula is C37H40O12. The summed E-state index contributed by atoms with van der Waals surface area (Å²) >= 11 is 0. The Labute approximate surface area is 284 Å². The van der Waals surface area contributed by atoms with Crippen molar-refractivity contribution >= 4 is 23.9 Å². The van der Waals surface area contributed by atoms with E-state index in [9.17, 15) is 19.2 Å². The molecule has 3 rings (SSSR count). The first-order valence-corrected chi connectivity index (χ1v) is 15.5. The van der Waals surface area contributed by atoms with Gasteiger partial charge in [0.15, 0.2) is 0 Å². The summed E-state index contributed by atoms with van der Waals surface area (Å²) in [5.74, 6) is -0.675. The van der Waals surface area contributed by atoms with Crippen LogP contribution in [0.15, 0.2) is 91.0 Å². The second-order valence-corrected chi connectivity index (χ2v) is 10.7. The highest BCUT2D eigenvalue weighted by Gasteiger charge is 2.14. The molecule has 0 saturated carbocycles. The van der Waals surface area contributed by atoms with E-state index >= 15 is 0 Å². The van der Waals surface area contributed by atoms with Crippen LogP contribution in [0.5, 0.6) is 23.0 Å². The van der Waals surface area contributed by atoms with Crippen molar-refractivity contribution in [1.82, 2.24) is 0 Å². The number of hydrogen-bond acceptors (Lipinski definition) is 12. The molecule has 12 nitrogen and oxygen atoms in total. The molecule has 3 aromatic rings. The third-order valence-corrected chi connectivity index (χ3v) is 6.78. The zero-order valence-electron chi connectivity index (χ0n) is 27.3. The number of aliphatic hydroxyl groups excluding tert-OH is 2. The zero-order chi connectivity index (χ0) is 35.6. The molecule has 0 atom stereocenters. The van der Waals surface area contributed by atoms with Gasteiger partial charge in [-0.25, -0.2) is 19.2 Å². The van der Waals surface area contributed by atoms with Crippen molar-refractivity contribution in [3.63, 3.8) is 0 Å². The molecule has 0 aliphatic heterocycles. The third-order valence-electron chi connectivity index (χ3n) is 6.78. The second kappa shape index (κ2) is 20.0. The van der Waals surface area contributed by atoms with Crippen LogP contribution in [0.25, 0.3) is 0 Å². The van der Waals surface area contributed by atoms with Gasteiger partial charge in [-0.1, -0.05) is 13.2 Å². The molecule has 2 N–H and O–H groups in total. The van der Waals surface area contributed by atoms with Gasteiger partial charge in [0.2, 0.25) is 0 Å². The summed E-state index contributed by atoms with van der Waals surface area (Å²) in [4.78, 5) is 48.3. The molecule has 0 aromatic heterocycles. The van der Waals surface area contributed by atoms with Crippen molar-refractivity contribution in [2.45, 2.75) is 32.6 Å². The fraction of sp³-hybridized carbons (Fsp3) is 0.297. The van der Waals surface area contributed by atoms with Gasteiger partial charge in [-0.05, 0) is 105 Å². The fourth-order valence-corrected chi connectivity index (χ4v) is 3.95. The minimum Gasteiger partial charge on any atom is -0.494 e. The SMILES string of the molecule is C=C(CO)C(=O)OCCCCOc1ccc(C(=O)Oc2ccc(OC(=O)c3ccc(OCCCCOC(=O)C(=C)CO)cc3)c(C)c2)cc1.